The Morgan fingerprint density at radius 2 is 1.92 bits per heavy atom. The molecule has 0 aromatic rings. The second-order valence-electron chi connectivity index (χ2n) is 4.46. The molecule has 0 nitrogen and oxygen atoms in total. The van der Waals surface area contributed by atoms with E-state index in [-0.39, 0.29) is 0 Å². The van der Waals surface area contributed by atoms with E-state index in [1.807, 2.05) is 0 Å². The van der Waals surface area contributed by atoms with Crippen LogP contribution >= 0.6 is 0 Å². The zero-order chi connectivity index (χ0) is 9.19. The van der Waals surface area contributed by atoms with Crippen molar-refractivity contribution in [2.24, 2.45) is 5.41 Å². The molecule has 0 radical (unpaired) electrons. The van der Waals surface area contributed by atoms with E-state index in [1.54, 1.807) is 0 Å². The quantitative estimate of drug-likeness (QED) is 0.507. The molecule has 0 atom stereocenters. The van der Waals surface area contributed by atoms with Crippen molar-refractivity contribution in [2.75, 3.05) is 0 Å². The molecule has 0 aromatic heterocycles. The van der Waals surface area contributed by atoms with Gasteiger partial charge in [-0.25, -0.2) is 0 Å². The molecule has 66 valence electrons. The first-order valence-corrected chi connectivity index (χ1v) is 4.54. The molecule has 0 aliphatic heterocycles. The van der Waals surface area contributed by atoms with E-state index >= 15 is 0 Å². The van der Waals surface area contributed by atoms with E-state index in [4.69, 9.17) is 0 Å². The molecule has 1 rings (SSSR count). The van der Waals surface area contributed by atoms with E-state index in [2.05, 4.69) is 52.0 Å². The zero-order valence-corrected chi connectivity index (χ0v) is 8.52. The van der Waals surface area contributed by atoms with Gasteiger partial charge < -0.3 is 0 Å². The van der Waals surface area contributed by atoms with Crippen molar-refractivity contribution in [3.05, 3.63) is 35.5 Å². The number of hydrogen-bond acceptors (Lipinski definition) is 0. The van der Waals surface area contributed by atoms with Crippen molar-refractivity contribution in [3.63, 3.8) is 0 Å². The summed E-state index contributed by atoms with van der Waals surface area (Å²) in [7, 11) is 0. The third kappa shape index (κ3) is 2.37. The van der Waals surface area contributed by atoms with Crippen LogP contribution in [0.1, 0.15) is 34.1 Å². The SMILES string of the molecule is CC1=CC=CCC(C(C)(C)C)=C1. The summed E-state index contributed by atoms with van der Waals surface area (Å²) >= 11 is 0. The first-order valence-electron chi connectivity index (χ1n) is 4.54. The van der Waals surface area contributed by atoms with E-state index in [1.165, 1.54) is 11.1 Å². The average molecular weight is 162 g/mol. The minimum Gasteiger partial charge on any atom is -0.0804 e. The molecule has 12 heavy (non-hydrogen) atoms. The van der Waals surface area contributed by atoms with Crippen LogP contribution in [0.15, 0.2) is 35.5 Å². The fourth-order valence-electron chi connectivity index (χ4n) is 1.32. The topological polar surface area (TPSA) is 0 Å². The highest BCUT2D eigenvalue weighted by molar-refractivity contribution is 5.32. The fraction of sp³-hybridized carbons (Fsp3) is 0.500. The summed E-state index contributed by atoms with van der Waals surface area (Å²) < 4.78 is 0. The molecule has 0 heterocycles. The normalized spacial score (nSPS) is 18.3. The van der Waals surface area contributed by atoms with Crippen molar-refractivity contribution >= 4 is 0 Å². The van der Waals surface area contributed by atoms with Crippen LogP contribution in [0.3, 0.4) is 0 Å². The summed E-state index contributed by atoms with van der Waals surface area (Å²) in [5, 5.41) is 0. The van der Waals surface area contributed by atoms with Crippen LogP contribution in [0.2, 0.25) is 0 Å². The van der Waals surface area contributed by atoms with E-state index < -0.39 is 0 Å². The largest absolute Gasteiger partial charge is 0.0804 e. The van der Waals surface area contributed by atoms with Gasteiger partial charge >= 0.3 is 0 Å². The minimum atomic E-state index is 0.309. The van der Waals surface area contributed by atoms with Crippen molar-refractivity contribution < 1.29 is 0 Å². The van der Waals surface area contributed by atoms with E-state index in [0.29, 0.717) is 5.41 Å². The molecule has 0 saturated heterocycles. The summed E-state index contributed by atoms with van der Waals surface area (Å²) in [6.07, 6.45) is 9.94. The molecule has 1 aliphatic rings. The Kier molecular flexibility index (Phi) is 2.56. The lowest BCUT2D eigenvalue weighted by atomic mass is 9.84. The van der Waals surface area contributed by atoms with Crippen LogP contribution in [-0.4, -0.2) is 0 Å². The minimum absolute atomic E-state index is 0.309. The van der Waals surface area contributed by atoms with Crippen LogP contribution < -0.4 is 0 Å². The maximum Gasteiger partial charge on any atom is -0.0127 e. The average Bonchev–Trinajstić information content (AvgIpc) is 2.11. The molecule has 0 spiro atoms. The van der Waals surface area contributed by atoms with Gasteiger partial charge in [0.05, 0.1) is 0 Å². The molecule has 0 fully saturated rings. The predicted octanol–water partition coefficient (Wildman–Crippen LogP) is 3.87. The maximum atomic E-state index is 2.31. The van der Waals surface area contributed by atoms with Crippen LogP contribution in [-0.2, 0) is 0 Å². The maximum absolute atomic E-state index is 2.31. The Morgan fingerprint density at radius 1 is 1.25 bits per heavy atom. The van der Waals surface area contributed by atoms with Crippen LogP contribution in [0.4, 0.5) is 0 Å². The van der Waals surface area contributed by atoms with Gasteiger partial charge in [0.2, 0.25) is 0 Å². The highest BCUT2D eigenvalue weighted by atomic mass is 14.2. The number of rotatable bonds is 0. The van der Waals surface area contributed by atoms with Crippen molar-refractivity contribution in [2.45, 2.75) is 34.1 Å². The smallest absolute Gasteiger partial charge is 0.0127 e. The van der Waals surface area contributed by atoms with Gasteiger partial charge in [-0.15, -0.1) is 0 Å². The van der Waals surface area contributed by atoms with Gasteiger partial charge in [-0.2, -0.15) is 0 Å². The number of allylic oxidation sites excluding steroid dienone is 6. The van der Waals surface area contributed by atoms with Gasteiger partial charge in [0.1, 0.15) is 0 Å². The first-order chi connectivity index (χ1) is 5.50. The lowest BCUT2D eigenvalue weighted by Gasteiger charge is -2.21. The molecular weight excluding hydrogens is 144 g/mol. The van der Waals surface area contributed by atoms with Gasteiger partial charge in [-0.3, -0.25) is 0 Å². The van der Waals surface area contributed by atoms with Gasteiger partial charge in [-0.1, -0.05) is 56.2 Å². The number of hydrogen-bond donors (Lipinski definition) is 0. The summed E-state index contributed by atoms with van der Waals surface area (Å²) in [6.45, 7) is 8.96. The molecule has 0 aromatic carbocycles. The standard InChI is InChI=1S/C12H18/c1-10-7-5-6-8-11(9-10)12(2,3)4/h5-7,9H,8H2,1-4H3. The molecule has 1 aliphatic carbocycles. The van der Waals surface area contributed by atoms with Crippen LogP contribution in [0.5, 0.6) is 0 Å². The Labute approximate surface area is 75.7 Å². The monoisotopic (exact) mass is 162 g/mol. The summed E-state index contributed by atoms with van der Waals surface area (Å²) in [6, 6.07) is 0. The third-order valence-corrected chi connectivity index (χ3v) is 2.20. The Hall–Kier alpha value is -0.780. The molecule has 0 heteroatoms. The fourth-order valence-corrected chi connectivity index (χ4v) is 1.32. The van der Waals surface area contributed by atoms with Gasteiger partial charge in [0.25, 0.3) is 0 Å². The van der Waals surface area contributed by atoms with Crippen LogP contribution in [0.25, 0.3) is 0 Å². The predicted molar refractivity (Wildman–Crippen MR) is 55.1 cm³/mol. The molecule has 0 bridgehead atoms. The lowest BCUT2D eigenvalue weighted by Crippen LogP contribution is -2.08. The molecule has 0 amide bonds. The van der Waals surface area contributed by atoms with Crippen molar-refractivity contribution in [3.8, 4) is 0 Å². The lowest BCUT2D eigenvalue weighted by molar-refractivity contribution is 0.493. The Morgan fingerprint density at radius 3 is 2.50 bits per heavy atom. The molecule has 0 saturated carbocycles. The highest BCUT2D eigenvalue weighted by Gasteiger charge is 2.15. The van der Waals surface area contributed by atoms with E-state index in [0.717, 1.165) is 6.42 Å². The van der Waals surface area contributed by atoms with Gasteiger partial charge in [-0.05, 0) is 18.8 Å². The van der Waals surface area contributed by atoms with E-state index in [9.17, 15) is 0 Å². The van der Waals surface area contributed by atoms with Gasteiger partial charge in [0, 0.05) is 0 Å². The Bertz CT molecular complexity index is 244. The third-order valence-electron chi connectivity index (χ3n) is 2.20. The first kappa shape index (κ1) is 9.31. The second kappa shape index (κ2) is 3.30. The van der Waals surface area contributed by atoms with Crippen LogP contribution in [0, 0.1) is 5.41 Å². The second-order valence-corrected chi connectivity index (χ2v) is 4.46. The molecular formula is C12H18. The zero-order valence-electron chi connectivity index (χ0n) is 8.52. The van der Waals surface area contributed by atoms with Gasteiger partial charge in [0.15, 0.2) is 0 Å². The molecule has 0 unspecified atom stereocenters. The van der Waals surface area contributed by atoms with Crippen molar-refractivity contribution in [1.29, 1.82) is 0 Å². The summed E-state index contributed by atoms with van der Waals surface area (Å²) in [5.74, 6) is 0. The Balaban J connectivity index is 2.93. The summed E-state index contributed by atoms with van der Waals surface area (Å²) in [5.41, 5.74) is 3.18. The molecule has 0 N–H and O–H groups in total. The van der Waals surface area contributed by atoms with Crippen molar-refractivity contribution in [1.82, 2.24) is 0 Å². The highest BCUT2D eigenvalue weighted by Crippen LogP contribution is 2.30. The summed E-state index contributed by atoms with van der Waals surface area (Å²) in [4.78, 5) is 0.